The number of β-lactam (4-membered cyclic amide) rings is 1. The first kappa shape index (κ1) is 21.5. The summed E-state index contributed by atoms with van der Waals surface area (Å²) in [4.78, 5) is 48.5. The monoisotopic (exact) mass is 436 g/mol. The molecule has 1 saturated heterocycles. The van der Waals surface area contributed by atoms with Crippen LogP contribution in [0.25, 0.3) is 0 Å². The van der Waals surface area contributed by atoms with Gasteiger partial charge in [-0.2, -0.15) is 0 Å². The van der Waals surface area contributed by atoms with Crippen molar-refractivity contribution in [1.82, 2.24) is 10.2 Å². The number of fused-ring (bicyclic) bond motifs is 1. The third-order valence-electron chi connectivity index (χ3n) is 4.45. The van der Waals surface area contributed by atoms with E-state index >= 15 is 0 Å². The van der Waals surface area contributed by atoms with Crippen molar-refractivity contribution >= 4 is 35.5 Å². The third kappa shape index (κ3) is 4.51. The summed E-state index contributed by atoms with van der Waals surface area (Å²) in [6.07, 6.45) is 0. The Balaban J connectivity index is 1.59. The molecule has 10 nitrogen and oxygen atoms in total. The van der Waals surface area contributed by atoms with Crippen LogP contribution in [-0.2, 0) is 23.9 Å². The van der Waals surface area contributed by atoms with Crippen molar-refractivity contribution in [2.45, 2.75) is 18.3 Å². The molecule has 2 aliphatic heterocycles. The molecule has 0 bridgehead atoms. The highest BCUT2D eigenvalue weighted by atomic mass is 32.2. The molecule has 1 unspecified atom stereocenters. The molecule has 0 spiro atoms. The van der Waals surface area contributed by atoms with E-state index in [1.807, 2.05) is 0 Å². The van der Waals surface area contributed by atoms with Crippen LogP contribution in [0.4, 0.5) is 0 Å². The molecule has 30 heavy (non-hydrogen) atoms. The largest absolute Gasteiger partial charge is 0.497 e. The van der Waals surface area contributed by atoms with Gasteiger partial charge in [-0.3, -0.25) is 19.3 Å². The number of nitrogens with one attached hydrogen (secondary N) is 1. The SMILES string of the molecule is COc1ccc(OCC(=O)NC2C(=O)N3C(C(=O)O)=C(COC(C)=O)CS[C@@H]23)cc1. The van der Waals surface area contributed by atoms with Gasteiger partial charge in [0.05, 0.1) is 7.11 Å². The molecule has 2 heterocycles. The summed E-state index contributed by atoms with van der Waals surface area (Å²) in [5.74, 6) is -1.50. The number of aliphatic carboxylic acids is 1. The first-order chi connectivity index (χ1) is 14.3. The molecule has 2 amide bonds. The van der Waals surface area contributed by atoms with Gasteiger partial charge >= 0.3 is 11.9 Å². The zero-order valence-electron chi connectivity index (χ0n) is 16.2. The Labute approximate surface area is 176 Å². The van der Waals surface area contributed by atoms with Crippen molar-refractivity contribution in [3.05, 3.63) is 35.5 Å². The van der Waals surface area contributed by atoms with Crippen LogP contribution < -0.4 is 14.8 Å². The number of amides is 2. The van der Waals surface area contributed by atoms with Gasteiger partial charge in [-0.05, 0) is 24.3 Å². The van der Waals surface area contributed by atoms with Crippen LogP contribution in [-0.4, -0.2) is 71.3 Å². The maximum Gasteiger partial charge on any atom is 0.352 e. The van der Waals surface area contributed by atoms with Gasteiger partial charge in [0.1, 0.15) is 35.2 Å². The van der Waals surface area contributed by atoms with E-state index in [2.05, 4.69) is 5.32 Å². The lowest BCUT2D eigenvalue weighted by Crippen LogP contribution is -2.71. The van der Waals surface area contributed by atoms with Crippen molar-refractivity contribution in [2.24, 2.45) is 0 Å². The predicted molar refractivity (Wildman–Crippen MR) is 105 cm³/mol. The summed E-state index contributed by atoms with van der Waals surface area (Å²) < 4.78 is 15.3. The zero-order valence-corrected chi connectivity index (χ0v) is 17.1. The van der Waals surface area contributed by atoms with E-state index in [1.54, 1.807) is 24.3 Å². The van der Waals surface area contributed by atoms with Gasteiger partial charge in [0.15, 0.2) is 6.61 Å². The summed E-state index contributed by atoms with van der Waals surface area (Å²) in [6, 6.07) is 5.81. The summed E-state index contributed by atoms with van der Waals surface area (Å²) >= 11 is 1.29. The van der Waals surface area contributed by atoms with E-state index in [1.165, 1.54) is 25.8 Å². The van der Waals surface area contributed by atoms with Gasteiger partial charge in [-0.15, -0.1) is 11.8 Å². The second-order valence-electron chi connectivity index (χ2n) is 6.46. The number of carboxylic acid groups (broad SMARTS) is 1. The first-order valence-electron chi connectivity index (χ1n) is 8.91. The van der Waals surface area contributed by atoms with E-state index in [9.17, 15) is 24.3 Å². The Bertz CT molecular complexity index is 898. The molecule has 2 atom stereocenters. The molecule has 0 aliphatic carbocycles. The average Bonchev–Trinajstić information content (AvgIpc) is 2.73. The average molecular weight is 436 g/mol. The molecule has 0 saturated carbocycles. The Kier molecular flexibility index (Phi) is 6.50. The van der Waals surface area contributed by atoms with Crippen LogP contribution in [0.3, 0.4) is 0 Å². The molecule has 2 N–H and O–H groups in total. The molecule has 2 aliphatic rings. The molecule has 11 heteroatoms. The number of rotatable bonds is 8. The van der Waals surface area contributed by atoms with E-state index < -0.39 is 35.2 Å². The van der Waals surface area contributed by atoms with E-state index in [0.29, 0.717) is 17.1 Å². The molecular weight excluding hydrogens is 416 g/mol. The number of benzene rings is 1. The van der Waals surface area contributed by atoms with Gasteiger partial charge in [-0.25, -0.2) is 4.79 Å². The first-order valence-corrected chi connectivity index (χ1v) is 9.96. The van der Waals surface area contributed by atoms with Crippen LogP contribution in [0.15, 0.2) is 35.5 Å². The number of methoxy groups -OCH3 is 1. The Morgan fingerprint density at radius 2 is 1.90 bits per heavy atom. The van der Waals surface area contributed by atoms with Gasteiger partial charge in [0.25, 0.3) is 11.8 Å². The van der Waals surface area contributed by atoms with Crippen molar-refractivity contribution in [3.63, 3.8) is 0 Å². The number of carboxylic acids is 1. The molecule has 1 fully saturated rings. The topological polar surface area (TPSA) is 131 Å². The summed E-state index contributed by atoms with van der Waals surface area (Å²) in [7, 11) is 1.54. The van der Waals surface area contributed by atoms with Gasteiger partial charge in [0, 0.05) is 18.2 Å². The highest BCUT2D eigenvalue weighted by molar-refractivity contribution is 8.00. The molecule has 0 aromatic heterocycles. The summed E-state index contributed by atoms with van der Waals surface area (Å²) in [5, 5.41) is 11.5. The van der Waals surface area contributed by atoms with Crippen LogP contribution in [0.1, 0.15) is 6.92 Å². The number of ether oxygens (including phenoxy) is 3. The van der Waals surface area contributed by atoms with E-state index in [-0.39, 0.29) is 24.7 Å². The minimum Gasteiger partial charge on any atom is -0.497 e. The number of thioether (sulfide) groups is 1. The lowest BCUT2D eigenvalue weighted by atomic mass is 10.0. The highest BCUT2D eigenvalue weighted by Crippen LogP contribution is 2.40. The minimum atomic E-state index is -1.29. The quantitative estimate of drug-likeness (QED) is 0.438. The molecule has 1 aromatic rings. The second kappa shape index (κ2) is 9.08. The van der Waals surface area contributed by atoms with Gasteiger partial charge in [-0.1, -0.05) is 0 Å². The lowest BCUT2D eigenvalue weighted by Gasteiger charge is -2.49. The lowest BCUT2D eigenvalue weighted by molar-refractivity contribution is -0.151. The number of carbonyl (C=O) groups is 4. The maximum absolute atomic E-state index is 12.5. The van der Waals surface area contributed by atoms with Gasteiger partial charge < -0.3 is 24.6 Å². The predicted octanol–water partition coefficient (Wildman–Crippen LogP) is 0.376. The molecule has 1 aromatic carbocycles. The van der Waals surface area contributed by atoms with Crippen LogP contribution >= 0.6 is 11.8 Å². The minimum absolute atomic E-state index is 0.201. The summed E-state index contributed by atoms with van der Waals surface area (Å²) in [5.41, 5.74) is 0.130. The smallest absolute Gasteiger partial charge is 0.352 e. The molecule has 160 valence electrons. The second-order valence-corrected chi connectivity index (χ2v) is 7.56. The van der Waals surface area contributed by atoms with Crippen LogP contribution in [0.2, 0.25) is 0 Å². The Morgan fingerprint density at radius 3 is 2.50 bits per heavy atom. The van der Waals surface area contributed by atoms with Crippen molar-refractivity contribution < 1.29 is 38.5 Å². The fourth-order valence-corrected chi connectivity index (χ4v) is 4.35. The maximum atomic E-state index is 12.5. The third-order valence-corrected chi connectivity index (χ3v) is 5.78. The van der Waals surface area contributed by atoms with Gasteiger partial charge in [0.2, 0.25) is 0 Å². The Morgan fingerprint density at radius 1 is 1.23 bits per heavy atom. The number of hydrogen-bond acceptors (Lipinski definition) is 8. The molecule has 3 rings (SSSR count). The fourth-order valence-electron chi connectivity index (χ4n) is 3.02. The van der Waals surface area contributed by atoms with Crippen LogP contribution in [0.5, 0.6) is 11.5 Å². The number of nitrogens with zero attached hydrogens (tertiary/aromatic N) is 1. The van der Waals surface area contributed by atoms with Crippen molar-refractivity contribution in [1.29, 1.82) is 0 Å². The van der Waals surface area contributed by atoms with E-state index in [4.69, 9.17) is 14.2 Å². The summed E-state index contributed by atoms with van der Waals surface area (Å²) in [6.45, 7) is 0.716. The van der Waals surface area contributed by atoms with E-state index in [0.717, 1.165) is 4.90 Å². The number of esters is 1. The fraction of sp³-hybridized carbons (Fsp3) is 0.368. The number of carbonyl (C=O) groups excluding carboxylic acids is 3. The normalized spacial score (nSPS) is 20.1. The molecular formula is C19H20N2O8S. The number of hydrogen-bond donors (Lipinski definition) is 2. The zero-order chi connectivity index (χ0) is 21.8. The van der Waals surface area contributed by atoms with Crippen LogP contribution in [0, 0.1) is 0 Å². The van der Waals surface area contributed by atoms with Crippen molar-refractivity contribution in [2.75, 3.05) is 26.1 Å². The molecule has 0 radical (unpaired) electrons. The highest BCUT2D eigenvalue weighted by Gasteiger charge is 2.54. The standard InChI is InChI=1S/C19H20N2O8S/c1-10(22)28-7-11-9-30-18-15(17(24)21(18)16(11)19(25)26)20-14(23)8-29-13-5-3-12(27-2)4-6-13/h3-6,15,18H,7-9H2,1-2H3,(H,20,23)(H,25,26)/t15?,18-/m0/s1. The van der Waals surface area contributed by atoms with Crippen molar-refractivity contribution in [3.8, 4) is 11.5 Å². The Hall–Kier alpha value is -3.21.